The molecule has 1 aromatic carbocycles. The summed E-state index contributed by atoms with van der Waals surface area (Å²) in [5, 5.41) is 0. The lowest BCUT2D eigenvalue weighted by Gasteiger charge is -2.25. The SMILES string of the molecule is CC.CN=C(c1ccccc1)N(C)C(C)C. The molecule has 0 aliphatic heterocycles. The molecule has 0 bridgehead atoms. The summed E-state index contributed by atoms with van der Waals surface area (Å²) in [6, 6.07) is 10.7. The summed E-state index contributed by atoms with van der Waals surface area (Å²) in [6.45, 7) is 8.32. The third-order valence-corrected chi connectivity index (χ3v) is 2.35. The van der Waals surface area contributed by atoms with Crippen LogP contribution in [0.1, 0.15) is 33.3 Å². The van der Waals surface area contributed by atoms with Crippen molar-refractivity contribution in [3.8, 4) is 0 Å². The lowest BCUT2D eigenvalue weighted by Crippen LogP contribution is -2.33. The molecule has 0 saturated heterocycles. The van der Waals surface area contributed by atoms with Crippen LogP contribution in [0.15, 0.2) is 35.3 Å². The fourth-order valence-corrected chi connectivity index (χ4v) is 1.32. The highest BCUT2D eigenvalue weighted by Crippen LogP contribution is 2.06. The molecule has 0 aromatic heterocycles. The van der Waals surface area contributed by atoms with E-state index in [1.54, 1.807) is 0 Å². The summed E-state index contributed by atoms with van der Waals surface area (Å²) < 4.78 is 0. The first-order valence-electron chi connectivity index (χ1n) is 5.92. The van der Waals surface area contributed by atoms with E-state index in [0.717, 1.165) is 5.84 Å². The maximum absolute atomic E-state index is 4.32. The normalized spacial score (nSPS) is 10.8. The predicted octanol–water partition coefficient (Wildman–Crippen LogP) is 3.43. The Bertz CT molecular complexity index is 302. The zero-order valence-electron chi connectivity index (χ0n) is 11.4. The van der Waals surface area contributed by atoms with E-state index in [4.69, 9.17) is 0 Å². The molecule has 0 fully saturated rings. The van der Waals surface area contributed by atoms with Gasteiger partial charge in [0.05, 0.1) is 0 Å². The Hall–Kier alpha value is -1.31. The Morgan fingerprint density at radius 3 is 2.00 bits per heavy atom. The van der Waals surface area contributed by atoms with Crippen molar-refractivity contribution in [2.24, 2.45) is 4.99 Å². The van der Waals surface area contributed by atoms with Crippen LogP contribution in [-0.2, 0) is 0 Å². The van der Waals surface area contributed by atoms with Crippen molar-refractivity contribution >= 4 is 5.84 Å². The average molecular weight is 220 g/mol. The smallest absolute Gasteiger partial charge is 0.130 e. The molecular formula is C14H24N2. The lowest BCUT2D eigenvalue weighted by molar-refractivity contribution is 0.417. The topological polar surface area (TPSA) is 15.6 Å². The van der Waals surface area contributed by atoms with E-state index in [-0.39, 0.29) is 0 Å². The number of amidine groups is 1. The monoisotopic (exact) mass is 220 g/mol. The minimum atomic E-state index is 0.467. The van der Waals surface area contributed by atoms with E-state index in [9.17, 15) is 0 Å². The molecule has 0 radical (unpaired) electrons. The summed E-state index contributed by atoms with van der Waals surface area (Å²) in [4.78, 5) is 6.50. The van der Waals surface area contributed by atoms with E-state index in [1.165, 1.54) is 5.56 Å². The third-order valence-electron chi connectivity index (χ3n) is 2.35. The van der Waals surface area contributed by atoms with Crippen molar-refractivity contribution in [2.45, 2.75) is 33.7 Å². The minimum absolute atomic E-state index is 0.467. The molecule has 16 heavy (non-hydrogen) atoms. The Morgan fingerprint density at radius 1 is 1.12 bits per heavy atom. The van der Waals surface area contributed by atoms with E-state index in [1.807, 2.05) is 39.1 Å². The molecule has 1 rings (SSSR count). The second-order valence-corrected chi connectivity index (χ2v) is 3.62. The van der Waals surface area contributed by atoms with Crippen LogP contribution in [0.3, 0.4) is 0 Å². The summed E-state index contributed by atoms with van der Waals surface area (Å²) in [6.07, 6.45) is 0. The van der Waals surface area contributed by atoms with Crippen LogP contribution in [-0.4, -0.2) is 30.9 Å². The second-order valence-electron chi connectivity index (χ2n) is 3.62. The zero-order valence-corrected chi connectivity index (χ0v) is 11.4. The van der Waals surface area contributed by atoms with Gasteiger partial charge in [0.25, 0.3) is 0 Å². The van der Waals surface area contributed by atoms with E-state index in [2.05, 4.69) is 42.9 Å². The average Bonchev–Trinajstić information content (AvgIpc) is 2.33. The molecule has 0 saturated carbocycles. The Morgan fingerprint density at radius 2 is 1.62 bits per heavy atom. The van der Waals surface area contributed by atoms with Crippen molar-refractivity contribution < 1.29 is 0 Å². The second kappa shape index (κ2) is 7.91. The van der Waals surface area contributed by atoms with Crippen LogP contribution in [0.2, 0.25) is 0 Å². The molecule has 90 valence electrons. The molecule has 0 aliphatic carbocycles. The first-order chi connectivity index (χ1) is 7.66. The molecule has 2 nitrogen and oxygen atoms in total. The van der Waals surface area contributed by atoms with Gasteiger partial charge < -0.3 is 4.90 Å². The van der Waals surface area contributed by atoms with Crippen molar-refractivity contribution in [1.82, 2.24) is 4.90 Å². The van der Waals surface area contributed by atoms with Crippen molar-refractivity contribution in [3.05, 3.63) is 35.9 Å². The molecule has 0 atom stereocenters. The number of aliphatic imine (C=N–C) groups is 1. The Balaban J connectivity index is 0.00000106. The quantitative estimate of drug-likeness (QED) is 0.551. The molecule has 0 unspecified atom stereocenters. The van der Waals surface area contributed by atoms with Crippen LogP contribution in [0.25, 0.3) is 0 Å². The lowest BCUT2D eigenvalue weighted by atomic mass is 10.2. The number of rotatable bonds is 2. The fraction of sp³-hybridized carbons (Fsp3) is 0.500. The largest absolute Gasteiger partial charge is 0.357 e. The molecule has 0 spiro atoms. The highest BCUT2D eigenvalue weighted by Gasteiger charge is 2.10. The van der Waals surface area contributed by atoms with E-state index >= 15 is 0 Å². The van der Waals surface area contributed by atoms with Gasteiger partial charge in [-0.1, -0.05) is 44.2 Å². The van der Waals surface area contributed by atoms with Gasteiger partial charge >= 0.3 is 0 Å². The standard InChI is InChI=1S/C12H18N2.C2H6/c1-10(2)14(4)12(13-3)11-8-6-5-7-9-11;1-2/h5-10H,1-4H3;1-2H3. The van der Waals surface area contributed by atoms with Crippen LogP contribution in [0.4, 0.5) is 0 Å². The summed E-state index contributed by atoms with van der Waals surface area (Å²) >= 11 is 0. The number of hydrogen-bond donors (Lipinski definition) is 0. The number of hydrogen-bond acceptors (Lipinski definition) is 1. The van der Waals surface area contributed by atoms with E-state index < -0.39 is 0 Å². The highest BCUT2D eigenvalue weighted by atomic mass is 15.2. The van der Waals surface area contributed by atoms with Gasteiger partial charge in [-0.2, -0.15) is 0 Å². The van der Waals surface area contributed by atoms with Gasteiger partial charge in [0, 0.05) is 25.7 Å². The molecule has 2 heteroatoms. The van der Waals surface area contributed by atoms with Crippen LogP contribution in [0.5, 0.6) is 0 Å². The van der Waals surface area contributed by atoms with Gasteiger partial charge in [0.2, 0.25) is 0 Å². The molecule has 0 heterocycles. The van der Waals surface area contributed by atoms with Gasteiger partial charge in [-0.25, -0.2) is 0 Å². The Kier molecular flexibility index (Phi) is 7.27. The summed E-state index contributed by atoms with van der Waals surface area (Å²) in [5.74, 6) is 1.04. The van der Waals surface area contributed by atoms with Gasteiger partial charge in [0.15, 0.2) is 0 Å². The predicted molar refractivity (Wildman–Crippen MR) is 73.2 cm³/mol. The van der Waals surface area contributed by atoms with Gasteiger partial charge in [0.1, 0.15) is 5.84 Å². The third kappa shape index (κ3) is 4.05. The molecule has 0 aliphatic rings. The van der Waals surface area contributed by atoms with Crippen molar-refractivity contribution in [1.29, 1.82) is 0 Å². The Labute approximate surface area is 100 Å². The molecule has 0 amide bonds. The first-order valence-corrected chi connectivity index (χ1v) is 5.92. The molecular weight excluding hydrogens is 196 g/mol. The first kappa shape index (κ1) is 14.7. The van der Waals surface area contributed by atoms with Crippen LogP contribution >= 0.6 is 0 Å². The zero-order chi connectivity index (χ0) is 12.6. The minimum Gasteiger partial charge on any atom is -0.357 e. The van der Waals surface area contributed by atoms with Crippen LogP contribution in [0, 0.1) is 0 Å². The van der Waals surface area contributed by atoms with Crippen molar-refractivity contribution in [2.75, 3.05) is 14.1 Å². The van der Waals surface area contributed by atoms with Crippen molar-refractivity contribution in [3.63, 3.8) is 0 Å². The van der Waals surface area contributed by atoms with Gasteiger partial charge in [-0.05, 0) is 13.8 Å². The summed E-state index contributed by atoms with van der Waals surface area (Å²) in [5.41, 5.74) is 1.17. The maximum Gasteiger partial charge on any atom is 0.130 e. The number of nitrogens with zero attached hydrogens (tertiary/aromatic N) is 2. The molecule has 0 N–H and O–H groups in total. The summed E-state index contributed by atoms with van der Waals surface area (Å²) in [7, 11) is 3.90. The van der Waals surface area contributed by atoms with E-state index in [0.29, 0.717) is 6.04 Å². The van der Waals surface area contributed by atoms with Gasteiger partial charge in [-0.3, -0.25) is 4.99 Å². The van der Waals surface area contributed by atoms with Crippen LogP contribution < -0.4 is 0 Å². The van der Waals surface area contributed by atoms with Gasteiger partial charge in [-0.15, -0.1) is 0 Å². The highest BCUT2D eigenvalue weighted by molar-refractivity contribution is 5.98. The fourth-order valence-electron chi connectivity index (χ4n) is 1.32. The maximum atomic E-state index is 4.32. The molecule has 1 aromatic rings. The number of benzene rings is 1.